The maximum absolute atomic E-state index is 12.9. The molecule has 2 rings (SSSR count). The van der Waals surface area contributed by atoms with Crippen molar-refractivity contribution in [2.24, 2.45) is 0 Å². The molecule has 0 saturated heterocycles. The van der Waals surface area contributed by atoms with E-state index >= 15 is 0 Å². The number of aryl methyl sites for hydroxylation is 1. The summed E-state index contributed by atoms with van der Waals surface area (Å²) in [6, 6.07) is 5.79. The third-order valence-electron chi connectivity index (χ3n) is 2.29. The predicted octanol–water partition coefficient (Wildman–Crippen LogP) is 2.44. The van der Waals surface area contributed by atoms with Crippen molar-refractivity contribution in [1.29, 1.82) is 0 Å². The van der Waals surface area contributed by atoms with Crippen molar-refractivity contribution in [2.75, 3.05) is 11.1 Å². The fraction of sp³-hybridized carbons (Fsp3) is 0.167. The minimum absolute atomic E-state index is 0.174. The van der Waals surface area contributed by atoms with Gasteiger partial charge in [0.05, 0.1) is 5.69 Å². The van der Waals surface area contributed by atoms with Gasteiger partial charge in [0.2, 0.25) is 5.91 Å². The average molecular weight is 265 g/mol. The number of nitrogens with one attached hydrogen (secondary N) is 1. The Morgan fingerprint density at radius 1 is 1.50 bits per heavy atom. The number of amides is 1. The zero-order valence-electron chi connectivity index (χ0n) is 9.52. The highest BCUT2D eigenvalue weighted by Gasteiger charge is 2.05. The summed E-state index contributed by atoms with van der Waals surface area (Å²) in [6.45, 7) is 0. The van der Waals surface area contributed by atoms with Crippen LogP contribution in [0.25, 0.3) is 0 Å². The molecule has 0 aliphatic rings. The van der Waals surface area contributed by atoms with E-state index in [1.165, 1.54) is 23.5 Å². The number of rotatable bonds is 4. The minimum Gasteiger partial charge on any atom is -0.375 e. The highest BCUT2D eigenvalue weighted by atomic mass is 32.1. The van der Waals surface area contributed by atoms with Gasteiger partial charge in [0, 0.05) is 17.5 Å². The number of nitrogens with two attached hydrogens (primary N) is 1. The number of carbonyl (C=O) groups excluding carboxylic acids is 1. The van der Waals surface area contributed by atoms with E-state index in [4.69, 9.17) is 5.73 Å². The Morgan fingerprint density at radius 3 is 3.00 bits per heavy atom. The van der Waals surface area contributed by atoms with Gasteiger partial charge in [-0.15, -0.1) is 11.3 Å². The van der Waals surface area contributed by atoms with Crippen LogP contribution in [0.3, 0.4) is 0 Å². The molecular weight excluding hydrogens is 253 g/mol. The summed E-state index contributed by atoms with van der Waals surface area (Å²) in [6.07, 6.45) is 0.814. The van der Waals surface area contributed by atoms with Gasteiger partial charge in [0.25, 0.3) is 0 Å². The molecule has 0 radical (unpaired) electrons. The van der Waals surface area contributed by atoms with Crippen molar-refractivity contribution in [3.8, 4) is 0 Å². The van der Waals surface area contributed by atoms with Crippen molar-refractivity contribution < 1.29 is 9.18 Å². The fourth-order valence-corrected chi connectivity index (χ4v) is 2.07. The number of hydrogen-bond donors (Lipinski definition) is 2. The molecule has 0 aliphatic heterocycles. The first-order valence-electron chi connectivity index (χ1n) is 5.39. The van der Waals surface area contributed by atoms with Gasteiger partial charge in [-0.2, -0.15) is 0 Å². The van der Waals surface area contributed by atoms with Crippen LogP contribution < -0.4 is 11.1 Å². The first-order chi connectivity index (χ1) is 8.63. The molecule has 0 fully saturated rings. The number of hydrogen-bond acceptors (Lipinski definition) is 4. The molecule has 0 saturated carbocycles. The van der Waals surface area contributed by atoms with Crippen LogP contribution >= 0.6 is 11.3 Å². The lowest BCUT2D eigenvalue weighted by atomic mass is 10.2. The van der Waals surface area contributed by atoms with Gasteiger partial charge in [-0.05, 0) is 24.6 Å². The van der Waals surface area contributed by atoms with Crippen LogP contribution in [0.2, 0.25) is 0 Å². The maximum Gasteiger partial charge on any atom is 0.224 e. The van der Waals surface area contributed by atoms with Gasteiger partial charge >= 0.3 is 0 Å². The molecule has 3 N–H and O–H groups in total. The smallest absolute Gasteiger partial charge is 0.224 e. The maximum atomic E-state index is 12.9. The lowest BCUT2D eigenvalue weighted by Crippen LogP contribution is -2.12. The van der Waals surface area contributed by atoms with Gasteiger partial charge in [0.1, 0.15) is 5.82 Å². The third kappa shape index (κ3) is 3.53. The van der Waals surface area contributed by atoms with E-state index in [1.807, 2.05) is 5.38 Å². The first-order valence-corrected chi connectivity index (χ1v) is 6.27. The quantitative estimate of drug-likeness (QED) is 0.892. The number of anilines is 2. The van der Waals surface area contributed by atoms with Gasteiger partial charge in [0.15, 0.2) is 5.13 Å². The Balaban J connectivity index is 1.85. The summed E-state index contributed by atoms with van der Waals surface area (Å²) in [5.74, 6) is -0.549. The van der Waals surface area contributed by atoms with Crippen LogP contribution in [0.4, 0.5) is 15.2 Å². The van der Waals surface area contributed by atoms with Crippen LogP contribution in [0.5, 0.6) is 0 Å². The lowest BCUT2D eigenvalue weighted by molar-refractivity contribution is -0.116. The van der Waals surface area contributed by atoms with Gasteiger partial charge in [-0.25, -0.2) is 9.37 Å². The summed E-state index contributed by atoms with van der Waals surface area (Å²) < 4.78 is 12.9. The van der Waals surface area contributed by atoms with Crippen LogP contribution in [-0.4, -0.2) is 10.9 Å². The Bertz CT molecular complexity index is 556. The van der Waals surface area contributed by atoms with E-state index in [-0.39, 0.29) is 11.7 Å². The van der Waals surface area contributed by atoms with E-state index < -0.39 is 0 Å². The molecule has 1 heterocycles. The van der Waals surface area contributed by atoms with Gasteiger partial charge < -0.3 is 11.1 Å². The van der Waals surface area contributed by atoms with Crippen LogP contribution in [0.1, 0.15) is 12.1 Å². The summed E-state index contributed by atoms with van der Waals surface area (Å²) in [4.78, 5) is 15.7. The van der Waals surface area contributed by atoms with Crippen LogP contribution in [0.15, 0.2) is 29.6 Å². The number of carbonyl (C=O) groups is 1. The highest BCUT2D eigenvalue weighted by Crippen LogP contribution is 2.13. The number of nitrogens with zero attached hydrogens (tertiary/aromatic N) is 1. The fourth-order valence-electron chi connectivity index (χ4n) is 1.47. The van der Waals surface area contributed by atoms with Crippen molar-refractivity contribution in [3.63, 3.8) is 0 Å². The molecule has 0 spiro atoms. The Kier molecular flexibility index (Phi) is 3.88. The molecule has 6 heteroatoms. The molecule has 0 aliphatic carbocycles. The monoisotopic (exact) mass is 265 g/mol. The topological polar surface area (TPSA) is 68.0 Å². The Hall–Kier alpha value is -1.95. The van der Waals surface area contributed by atoms with Crippen molar-refractivity contribution in [1.82, 2.24) is 4.98 Å². The molecule has 1 aromatic heterocycles. The molecular formula is C12H12FN3OS. The van der Waals surface area contributed by atoms with E-state index in [9.17, 15) is 9.18 Å². The Morgan fingerprint density at radius 2 is 2.33 bits per heavy atom. The SMILES string of the molecule is Nc1nc(CCC(=O)Nc2cccc(F)c2)cs1. The third-order valence-corrected chi connectivity index (χ3v) is 3.01. The van der Waals surface area contributed by atoms with E-state index in [1.54, 1.807) is 12.1 Å². The zero-order valence-corrected chi connectivity index (χ0v) is 10.3. The number of benzene rings is 1. The summed E-state index contributed by atoms with van der Waals surface area (Å²) in [5.41, 5.74) is 6.74. The molecule has 1 aromatic carbocycles. The number of halogens is 1. The molecule has 0 unspecified atom stereocenters. The standard InChI is InChI=1S/C12H12FN3OS/c13-8-2-1-3-9(6-8)15-11(17)5-4-10-7-18-12(14)16-10/h1-3,6-7H,4-5H2,(H2,14,16)(H,15,17). The molecule has 4 nitrogen and oxygen atoms in total. The normalized spacial score (nSPS) is 10.3. The largest absolute Gasteiger partial charge is 0.375 e. The zero-order chi connectivity index (χ0) is 13.0. The van der Waals surface area contributed by atoms with Crippen LogP contribution in [0, 0.1) is 5.82 Å². The van der Waals surface area contributed by atoms with E-state index in [0.717, 1.165) is 5.69 Å². The summed E-state index contributed by atoms with van der Waals surface area (Å²) >= 11 is 1.35. The van der Waals surface area contributed by atoms with Crippen molar-refractivity contribution >= 4 is 28.1 Å². The molecule has 1 amide bonds. The lowest BCUT2D eigenvalue weighted by Gasteiger charge is -2.04. The summed E-state index contributed by atoms with van der Waals surface area (Å²) in [7, 11) is 0. The first kappa shape index (κ1) is 12.5. The second-order valence-electron chi connectivity index (χ2n) is 3.74. The number of nitrogen functional groups attached to an aromatic ring is 1. The molecule has 18 heavy (non-hydrogen) atoms. The molecule has 94 valence electrons. The predicted molar refractivity (Wildman–Crippen MR) is 69.9 cm³/mol. The highest BCUT2D eigenvalue weighted by molar-refractivity contribution is 7.13. The summed E-state index contributed by atoms with van der Waals surface area (Å²) in [5, 5.41) is 4.95. The van der Waals surface area contributed by atoms with Gasteiger partial charge in [-0.1, -0.05) is 6.07 Å². The number of thiazole rings is 1. The minimum atomic E-state index is -0.375. The van der Waals surface area contributed by atoms with E-state index in [2.05, 4.69) is 10.3 Å². The Labute approximate surface area is 108 Å². The second kappa shape index (κ2) is 5.59. The van der Waals surface area contributed by atoms with Crippen LogP contribution in [-0.2, 0) is 11.2 Å². The van der Waals surface area contributed by atoms with Gasteiger partial charge in [-0.3, -0.25) is 4.79 Å². The van der Waals surface area contributed by atoms with Crippen molar-refractivity contribution in [2.45, 2.75) is 12.8 Å². The molecule has 2 aromatic rings. The van der Waals surface area contributed by atoms with Crippen molar-refractivity contribution in [3.05, 3.63) is 41.2 Å². The van der Waals surface area contributed by atoms with E-state index in [0.29, 0.717) is 23.7 Å². The molecule has 0 atom stereocenters. The number of aromatic nitrogens is 1. The molecule has 0 bridgehead atoms. The second-order valence-corrected chi connectivity index (χ2v) is 4.63. The average Bonchev–Trinajstić information content (AvgIpc) is 2.73.